The summed E-state index contributed by atoms with van der Waals surface area (Å²) in [6.45, 7) is 0. The van der Waals surface area contributed by atoms with Crippen molar-refractivity contribution in [3.63, 3.8) is 0 Å². The topological polar surface area (TPSA) is 111 Å². The van der Waals surface area contributed by atoms with E-state index in [-0.39, 0.29) is 5.69 Å². The number of aromatic nitrogens is 1. The molecule has 8 nitrogen and oxygen atoms in total. The van der Waals surface area contributed by atoms with Crippen molar-refractivity contribution >= 4 is 38.8 Å². The summed E-state index contributed by atoms with van der Waals surface area (Å²) in [7, 11) is 0. The molecule has 0 aliphatic rings. The molecule has 0 saturated carbocycles. The Balaban J connectivity index is 1.47. The molecule has 0 amide bonds. The number of hydrazone groups is 1. The van der Waals surface area contributed by atoms with E-state index in [1.807, 2.05) is 48.5 Å². The van der Waals surface area contributed by atoms with Crippen LogP contribution in [0, 0.1) is 10.1 Å². The smallest absolute Gasteiger partial charge is 0.345 e. The largest absolute Gasteiger partial charge is 0.422 e. The molecule has 0 spiro atoms. The number of nitro benzene ring substituents is 1. The summed E-state index contributed by atoms with van der Waals surface area (Å²) in [5, 5.41) is 18.6. The Morgan fingerprint density at radius 2 is 1.68 bits per heavy atom. The third-order valence-electron chi connectivity index (χ3n) is 5.08. The van der Waals surface area contributed by atoms with Crippen LogP contribution < -0.4 is 11.1 Å². The van der Waals surface area contributed by atoms with Crippen LogP contribution in [0.15, 0.2) is 105 Å². The Labute approximate surface area is 197 Å². The van der Waals surface area contributed by atoms with Crippen LogP contribution in [0.25, 0.3) is 22.2 Å². The number of benzene rings is 3. The van der Waals surface area contributed by atoms with E-state index < -0.39 is 10.5 Å². The lowest BCUT2D eigenvalue weighted by atomic mass is 10.0. The average molecular weight is 468 g/mol. The van der Waals surface area contributed by atoms with Crippen molar-refractivity contribution in [1.29, 1.82) is 0 Å². The Morgan fingerprint density at radius 1 is 0.971 bits per heavy atom. The highest BCUT2D eigenvalue weighted by Gasteiger charge is 2.13. The normalized spacial score (nSPS) is 11.5. The third kappa shape index (κ3) is 4.32. The molecule has 0 radical (unpaired) electrons. The van der Waals surface area contributed by atoms with E-state index in [4.69, 9.17) is 4.42 Å². The van der Waals surface area contributed by atoms with Gasteiger partial charge in [-0.3, -0.25) is 15.5 Å². The van der Waals surface area contributed by atoms with E-state index in [0.717, 1.165) is 10.9 Å². The number of thiazole rings is 1. The number of anilines is 1. The molecular formula is C25H16N4O4S. The first kappa shape index (κ1) is 21.2. The van der Waals surface area contributed by atoms with Crippen LogP contribution in [-0.2, 0) is 0 Å². The second-order valence-corrected chi connectivity index (χ2v) is 8.12. The van der Waals surface area contributed by atoms with Gasteiger partial charge >= 0.3 is 5.63 Å². The van der Waals surface area contributed by atoms with E-state index >= 15 is 0 Å². The van der Waals surface area contributed by atoms with Gasteiger partial charge < -0.3 is 4.42 Å². The van der Waals surface area contributed by atoms with E-state index in [9.17, 15) is 14.9 Å². The van der Waals surface area contributed by atoms with Crippen molar-refractivity contribution < 1.29 is 9.34 Å². The summed E-state index contributed by atoms with van der Waals surface area (Å²) < 4.78 is 5.41. The van der Waals surface area contributed by atoms with Gasteiger partial charge in [0.2, 0.25) is 5.13 Å². The molecule has 0 saturated heterocycles. The van der Waals surface area contributed by atoms with Crippen LogP contribution in [0.1, 0.15) is 11.1 Å². The van der Waals surface area contributed by atoms with Crippen molar-refractivity contribution in [2.75, 3.05) is 5.43 Å². The van der Waals surface area contributed by atoms with Crippen LogP contribution in [0.4, 0.5) is 10.8 Å². The number of nitrogens with zero attached hydrogens (tertiary/aromatic N) is 3. The second-order valence-electron chi connectivity index (χ2n) is 7.27. The number of rotatable bonds is 6. The lowest BCUT2D eigenvalue weighted by Gasteiger charge is -2.07. The highest BCUT2D eigenvalue weighted by molar-refractivity contribution is 7.14. The van der Waals surface area contributed by atoms with Gasteiger partial charge in [0.25, 0.3) is 5.69 Å². The van der Waals surface area contributed by atoms with Crippen molar-refractivity contribution in [3.8, 4) is 11.3 Å². The predicted octanol–water partition coefficient (Wildman–Crippen LogP) is 5.69. The van der Waals surface area contributed by atoms with Gasteiger partial charge in [-0.25, -0.2) is 9.78 Å². The minimum Gasteiger partial charge on any atom is -0.422 e. The Bertz CT molecular complexity index is 1570. The van der Waals surface area contributed by atoms with Gasteiger partial charge in [0.05, 0.1) is 21.9 Å². The number of hydrogen-bond donors (Lipinski definition) is 1. The molecule has 0 atom stereocenters. The van der Waals surface area contributed by atoms with Crippen LogP contribution in [0.3, 0.4) is 0 Å². The molecule has 2 heterocycles. The first-order valence-electron chi connectivity index (χ1n) is 10.2. The lowest BCUT2D eigenvalue weighted by molar-refractivity contribution is -0.384. The Hall–Kier alpha value is -4.63. The second kappa shape index (κ2) is 9.08. The SMILES string of the molecule is O=c1oc2ccccc2cc1-c1csc(N/N=C(\c2ccccc2)c2ccc([N+](=O)[O-])cc2)n1. The molecule has 0 aliphatic carbocycles. The molecule has 166 valence electrons. The van der Waals surface area contributed by atoms with Crippen molar-refractivity contribution in [2.45, 2.75) is 0 Å². The number of non-ortho nitro benzene ring substituents is 1. The van der Waals surface area contributed by atoms with Crippen LogP contribution in [-0.4, -0.2) is 15.6 Å². The van der Waals surface area contributed by atoms with Gasteiger partial charge in [-0.15, -0.1) is 11.3 Å². The lowest BCUT2D eigenvalue weighted by Crippen LogP contribution is -2.07. The summed E-state index contributed by atoms with van der Waals surface area (Å²) in [6.07, 6.45) is 0. The molecule has 1 N–H and O–H groups in total. The van der Waals surface area contributed by atoms with E-state index in [1.54, 1.807) is 29.6 Å². The summed E-state index contributed by atoms with van der Waals surface area (Å²) in [6, 6.07) is 24.7. The van der Waals surface area contributed by atoms with Crippen molar-refractivity contribution in [2.24, 2.45) is 5.10 Å². The number of para-hydroxylation sites is 1. The van der Waals surface area contributed by atoms with Gasteiger partial charge in [-0.2, -0.15) is 5.10 Å². The Morgan fingerprint density at radius 3 is 2.44 bits per heavy atom. The molecule has 0 fully saturated rings. The predicted molar refractivity (Wildman–Crippen MR) is 132 cm³/mol. The van der Waals surface area contributed by atoms with E-state index in [0.29, 0.717) is 33.2 Å². The fourth-order valence-corrected chi connectivity index (χ4v) is 4.08. The van der Waals surface area contributed by atoms with E-state index in [1.165, 1.54) is 23.5 Å². The summed E-state index contributed by atoms with van der Waals surface area (Å²) in [5.41, 5.74) is 5.99. The monoisotopic (exact) mass is 468 g/mol. The molecule has 3 aromatic carbocycles. The number of hydrogen-bond acceptors (Lipinski definition) is 8. The van der Waals surface area contributed by atoms with Crippen LogP contribution in [0.5, 0.6) is 0 Å². The van der Waals surface area contributed by atoms with Crippen LogP contribution >= 0.6 is 11.3 Å². The first-order chi connectivity index (χ1) is 16.6. The zero-order valence-electron chi connectivity index (χ0n) is 17.5. The molecule has 5 aromatic rings. The van der Waals surface area contributed by atoms with Gasteiger partial charge in [-0.05, 0) is 24.3 Å². The van der Waals surface area contributed by atoms with Crippen molar-refractivity contribution in [3.05, 3.63) is 122 Å². The maximum atomic E-state index is 12.5. The maximum absolute atomic E-state index is 12.5. The molecule has 9 heteroatoms. The van der Waals surface area contributed by atoms with Crippen LogP contribution in [0.2, 0.25) is 0 Å². The highest BCUT2D eigenvalue weighted by atomic mass is 32.1. The zero-order valence-corrected chi connectivity index (χ0v) is 18.4. The number of nitro groups is 1. The first-order valence-corrected chi connectivity index (χ1v) is 11.1. The van der Waals surface area contributed by atoms with Gasteiger partial charge in [-0.1, -0.05) is 48.5 Å². The summed E-state index contributed by atoms with van der Waals surface area (Å²) >= 11 is 1.30. The fourth-order valence-electron chi connectivity index (χ4n) is 3.43. The molecule has 2 aromatic heterocycles. The molecule has 0 unspecified atom stereocenters. The summed E-state index contributed by atoms with van der Waals surface area (Å²) in [4.78, 5) is 27.5. The van der Waals surface area contributed by atoms with Crippen molar-refractivity contribution in [1.82, 2.24) is 4.98 Å². The molecule has 0 aliphatic heterocycles. The molecule has 0 bridgehead atoms. The Kier molecular flexibility index (Phi) is 5.67. The number of fused-ring (bicyclic) bond motifs is 1. The molecule has 5 rings (SSSR count). The maximum Gasteiger partial charge on any atom is 0.345 e. The fraction of sp³-hybridized carbons (Fsp3) is 0. The minimum atomic E-state index is -0.463. The standard InChI is InChI=1S/C25H16N4O4S/c30-24-20(14-18-8-4-5-9-22(18)33-24)21-15-34-25(26-21)28-27-23(16-6-2-1-3-7-16)17-10-12-19(13-11-17)29(31)32/h1-15H,(H,26,28)/b27-23+. The zero-order chi connectivity index (χ0) is 23.5. The summed E-state index contributed by atoms with van der Waals surface area (Å²) in [5.74, 6) is 0. The highest BCUT2D eigenvalue weighted by Crippen LogP contribution is 2.26. The molecule has 34 heavy (non-hydrogen) atoms. The minimum absolute atomic E-state index is 0.00269. The van der Waals surface area contributed by atoms with E-state index in [2.05, 4.69) is 15.5 Å². The average Bonchev–Trinajstić information content (AvgIpc) is 3.33. The molecular weight excluding hydrogens is 452 g/mol. The van der Waals surface area contributed by atoms with Gasteiger partial charge in [0.15, 0.2) is 0 Å². The van der Waals surface area contributed by atoms with Gasteiger partial charge in [0, 0.05) is 34.0 Å². The third-order valence-corrected chi connectivity index (χ3v) is 5.83. The quantitative estimate of drug-likeness (QED) is 0.148. The van der Waals surface area contributed by atoms with Gasteiger partial charge in [0.1, 0.15) is 5.58 Å². The number of nitrogens with one attached hydrogen (secondary N) is 1.